The van der Waals surface area contributed by atoms with Crippen molar-refractivity contribution in [3.63, 3.8) is 0 Å². The number of benzene rings is 2. The molecule has 0 saturated carbocycles. The SMILES string of the molecule is CCCOC(=O)c1ccc(-c2ccc(Br)cc2)cc1. The van der Waals surface area contributed by atoms with Gasteiger partial charge in [0, 0.05) is 4.47 Å². The van der Waals surface area contributed by atoms with Crippen molar-refractivity contribution < 1.29 is 9.53 Å². The molecule has 0 unspecified atom stereocenters. The Bertz CT molecular complexity index is 544. The first-order valence-electron chi connectivity index (χ1n) is 6.24. The number of hydrogen-bond acceptors (Lipinski definition) is 2. The van der Waals surface area contributed by atoms with Crippen LogP contribution in [0, 0.1) is 0 Å². The van der Waals surface area contributed by atoms with Crippen LogP contribution in [0.25, 0.3) is 11.1 Å². The van der Waals surface area contributed by atoms with Gasteiger partial charge in [-0.2, -0.15) is 0 Å². The standard InChI is InChI=1S/C16H15BrO2/c1-2-11-19-16(18)14-5-3-12(4-6-14)13-7-9-15(17)10-8-13/h3-10H,2,11H2,1H3. The molecule has 0 radical (unpaired) electrons. The molecule has 2 rings (SSSR count). The van der Waals surface area contributed by atoms with Crippen LogP contribution in [0.1, 0.15) is 23.7 Å². The smallest absolute Gasteiger partial charge is 0.338 e. The van der Waals surface area contributed by atoms with Crippen molar-refractivity contribution in [3.8, 4) is 11.1 Å². The lowest BCUT2D eigenvalue weighted by Gasteiger charge is -2.05. The van der Waals surface area contributed by atoms with Crippen LogP contribution in [-0.2, 0) is 4.74 Å². The highest BCUT2D eigenvalue weighted by Crippen LogP contribution is 2.22. The van der Waals surface area contributed by atoms with Crippen LogP contribution in [-0.4, -0.2) is 12.6 Å². The first kappa shape index (κ1) is 13.8. The lowest BCUT2D eigenvalue weighted by atomic mass is 10.0. The van der Waals surface area contributed by atoms with E-state index in [0.29, 0.717) is 12.2 Å². The first-order valence-corrected chi connectivity index (χ1v) is 7.03. The monoisotopic (exact) mass is 318 g/mol. The molecule has 0 atom stereocenters. The molecular weight excluding hydrogens is 304 g/mol. The van der Waals surface area contributed by atoms with Gasteiger partial charge in [-0.15, -0.1) is 0 Å². The highest BCUT2D eigenvalue weighted by atomic mass is 79.9. The van der Waals surface area contributed by atoms with Gasteiger partial charge in [-0.1, -0.05) is 47.1 Å². The van der Waals surface area contributed by atoms with E-state index in [1.165, 1.54) is 0 Å². The molecule has 3 heteroatoms. The zero-order valence-electron chi connectivity index (χ0n) is 10.7. The zero-order valence-corrected chi connectivity index (χ0v) is 12.3. The molecule has 0 aliphatic rings. The molecule has 98 valence electrons. The van der Waals surface area contributed by atoms with E-state index in [2.05, 4.69) is 15.9 Å². The number of carbonyl (C=O) groups excluding carboxylic acids is 1. The third-order valence-corrected chi connectivity index (χ3v) is 3.26. The Morgan fingerprint density at radius 1 is 1.00 bits per heavy atom. The van der Waals surface area contributed by atoms with Crippen molar-refractivity contribution in [1.29, 1.82) is 0 Å². The summed E-state index contributed by atoms with van der Waals surface area (Å²) in [5.41, 5.74) is 2.80. The Kier molecular flexibility index (Phi) is 4.74. The predicted molar refractivity (Wildman–Crippen MR) is 80.2 cm³/mol. The Balaban J connectivity index is 2.14. The molecule has 0 saturated heterocycles. The van der Waals surface area contributed by atoms with Crippen LogP contribution in [0.3, 0.4) is 0 Å². The Morgan fingerprint density at radius 3 is 2.05 bits per heavy atom. The Labute approximate surface area is 121 Å². The summed E-state index contributed by atoms with van der Waals surface area (Å²) in [7, 11) is 0. The lowest BCUT2D eigenvalue weighted by Crippen LogP contribution is -2.05. The lowest BCUT2D eigenvalue weighted by molar-refractivity contribution is 0.0505. The van der Waals surface area contributed by atoms with E-state index in [1.807, 2.05) is 43.3 Å². The van der Waals surface area contributed by atoms with E-state index >= 15 is 0 Å². The number of ether oxygens (including phenoxy) is 1. The highest BCUT2D eigenvalue weighted by molar-refractivity contribution is 9.10. The van der Waals surface area contributed by atoms with Crippen molar-refractivity contribution in [3.05, 3.63) is 58.6 Å². The third kappa shape index (κ3) is 3.67. The minimum atomic E-state index is -0.260. The third-order valence-electron chi connectivity index (χ3n) is 2.74. The van der Waals surface area contributed by atoms with Gasteiger partial charge in [-0.3, -0.25) is 0 Å². The maximum absolute atomic E-state index is 11.7. The van der Waals surface area contributed by atoms with Crippen LogP contribution in [0.5, 0.6) is 0 Å². The topological polar surface area (TPSA) is 26.3 Å². The van der Waals surface area contributed by atoms with Crippen LogP contribution in [0.15, 0.2) is 53.0 Å². The minimum Gasteiger partial charge on any atom is -0.462 e. The number of esters is 1. The summed E-state index contributed by atoms with van der Waals surface area (Å²) >= 11 is 3.41. The fourth-order valence-electron chi connectivity index (χ4n) is 1.72. The summed E-state index contributed by atoms with van der Waals surface area (Å²) in [4.78, 5) is 11.7. The summed E-state index contributed by atoms with van der Waals surface area (Å²) in [6.45, 7) is 2.44. The Hall–Kier alpha value is -1.61. The van der Waals surface area contributed by atoms with Crippen molar-refractivity contribution in [1.82, 2.24) is 0 Å². The summed E-state index contributed by atoms with van der Waals surface area (Å²) in [6.07, 6.45) is 0.836. The normalized spacial score (nSPS) is 10.2. The van der Waals surface area contributed by atoms with E-state index < -0.39 is 0 Å². The second kappa shape index (κ2) is 6.53. The maximum Gasteiger partial charge on any atom is 0.338 e. The van der Waals surface area contributed by atoms with Gasteiger partial charge in [0.2, 0.25) is 0 Å². The molecule has 0 heterocycles. The fourth-order valence-corrected chi connectivity index (χ4v) is 1.98. The molecular formula is C16H15BrO2. The van der Waals surface area contributed by atoms with E-state index in [4.69, 9.17) is 4.74 Å². The number of carbonyl (C=O) groups is 1. The quantitative estimate of drug-likeness (QED) is 0.765. The average molecular weight is 319 g/mol. The van der Waals surface area contributed by atoms with Crippen LogP contribution >= 0.6 is 15.9 Å². The number of hydrogen-bond donors (Lipinski definition) is 0. The van der Waals surface area contributed by atoms with Crippen molar-refractivity contribution in [2.24, 2.45) is 0 Å². The van der Waals surface area contributed by atoms with E-state index in [1.54, 1.807) is 12.1 Å². The molecule has 0 fully saturated rings. The van der Waals surface area contributed by atoms with Gasteiger partial charge >= 0.3 is 5.97 Å². The fraction of sp³-hybridized carbons (Fsp3) is 0.188. The molecule has 0 amide bonds. The van der Waals surface area contributed by atoms with E-state index in [0.717, 1.165) is 22.0 Å². The predicted octanol–water partition coefficient (Wildman–Crippen LogP) is 4.68. The van der Waals surface area contributed by atoms with Gasteiger partial charge in [0.1, 0.15) is 0 Å². The highest BCUT2D eigenvalue weighted by Gasteiger charge is 2.06. The van der Waals surface area contributed by atoms with Crippen LogP contribution in [0.4, 0.5) is 0 Å². The van der Waals surface area contributed by atoms with Gasteiger partial charge in [-0.25, -0.2) is 4.79 Å². The molecule has 0 spiro atoms. The van der Waals surface area contributed by atoms with Gasteiger partial charge in [0.25, 0.3) is 0 Å². The van der Waals surface area contributed by atoms with E-state index in [-0.39, 0.29) is 5.97 Å². The second-order valence-electron chi connectivity index (χ2n) is 4.22. The summed E-state index contributed by atoms with van der Waals surface area (Å²) in [5, 5.41) is 0. The average Bonchev–Trinajstić information content (AvgIpc) is 2.46. The molecule has 2 aromatic rings. The number of halogens is 1. The first-order chi connectivity index (χ1) is 9.20. The molecule has 2 aromatic carbocycles. The minimum absolute atomic E-state index is 0.260. The van der Waals surface area contributed by atoms with Gasteiger partial charge in [-0.05, 0) is 41.8 Å². The summed E-state index contributed by atoms with van der Waals surface area (Å²) in [5.74, 6) is -0.260. The molecule has 0 aliphatic heterocycles. The molecule has 0 aliphatic carbocycles. The van der Waals surface area contributed by atoms with Crippen LogP contribution in [0.2, 0.25) is 0 Å². The molecule has 0 aromatic heterocycles. The largest absolute Gasteiger partial charge is 0.462 e. The van der Waals surface area contributed by atoms with Gasteiger partial charge in [0.15, 0.2) is 0 Å². The van der Waals surface area contributed by atoms with Gasteiger partial charge < -0.3 is 4.74 Å². The van der Waals surface area contributed by atoms with Crippen molar-refractivity contribution in [2.45, 2.75) is 13.3 Å². The summed E-state index contributed by atoms with van der Waals surface area (Å²) in [6, 6.07) is 15.5. The van der Waals surface area contributed by atoms with Crippen molar-refractivity contribution >= 4 is 21.9 Å². The van der Waals surface area contributed by atoms with E-state index in [9.17, 15) is 4.79 Å². The molecule has 0 bridgehead atoms. The van der Waals surface area contributed by atoms with Crippen LogP contribution < -0.4 is 0 Å². The molecule has 19 heavy (non-hydrogen) atoms. The summed E-state index contributed by atoms with van der Waals surface area (Å²) < 4.78 is 6.15. The molecule has 0 N–H and O–H groups in total. The Morgan fingerprint density at radius 2 is 1.53 bits per heavy atom. The maximum atomic E-state index is 11.7. The van der Waals surface area contributed by atoms with Crippen molar-refractivity contribution in [2.75, 3.05) is 6.61 Å². The zero-order chi connectivity index (χ0) is 13.7. The molecule has 2 nitrogen and oxygen atoms in total. The second-order valence-corrected chi connectivity index (χ2v) is 5.14. The number of rotatable bonds is 4. The van der Waals surface area contributed by atoms with Gasteiger partial charge in [0.05, 0.1) is 12.2 Å².